The van der Waals surface area contributed by atoms with E-state index in [0.717, 1.165) is 35.5 Å². The predicted octanol–water partition coefficient (Wildman–Crippen LogP) is 4.30. The molecule has 4 aliphatic rings. The fourth-order valence-electron chi connectivity index (χ4n) is 6.39. The van der Waals surface area contributed by atoms with Gasteiger partial charge in [-0.15, -0.1) is 0 Å². The first-order valence-electron chi connectivity index (χ1n) is 10.6. The molecular weight excluding hydrogens is 334 g/mol. The van der Waals surface area contributed by atoms with Crippen molar-refractivity contribution in [2.75, 3.05) is 0 Å². The van der Waals surface area contributed by atoms with E-state index in [1.54, 1.807) is 0 Å². The van der Waals surface area contributed by atoms with Gasteiger partial charge < -0.3 is 9.88 Å². The molecule has 4 heteroatoms. The number of imidazole rings is 1. The number of rotatable bonds is 4. The highest BCUT2D eigenvalue weighted by Gasteiger charge is 2.48. The highest BCUT2D eigenvalue weighted by atomic mass is 16.2. The van der Waals surface area contributed by atoms with Crippen molar-refractivity contribution in [3.63, 3.8) is 0 Å². The smallest absolute Gasteiger partial charge is 0.272 e. The second-order valence-electron chi connectivity index (χ2n) is 8.91. The molecule has 0 atom stereocenters. The second-order valence-corrected chi connectivity index (χ2v) is 8.91. The van der Waals surface area contributed by atoms with Gasteiger partial charge in [0.15, 0.2) is 0 Å². The van der Waals surface area contributed by atoms with Crippen molar-refractivity contribution in [1.82, 2.24) is 14.9 Å². The van der Waals surface area contributed by atoms with Crippen molar-refractivity contribution in [3.05, 3.63) is 47.5 Å². The van der Waals surface area contributed by atoms with Crippen molar-refractivity contribution >= 4 is 5.91 Å². The van der Waals surface area contributed by atoms with E-state index in [2.05, 4.69) is 28.9 Å². The van der Waals surface area contributed by atoms with Gasteiger partial charge in [0.1, 0.15) is 11.5 Å². The maximum Gasteiger partial charge on any atom is 0.272 e. The van der Waals surface area contributed by atoms with Crippen molar-refractivity contribution in [1.29, 1.82) is 0 Å². The molecule has 0 saturated heterocycles. The molecule has 1 N–H and O–H groups in total. The number of benzene rings is 1. The minimum absolute atomic E-state index is 0.0297. The molecule has 4 saturated carbocycles. The van der Waals surface area contributed by atoms with Gasteiger partial charge in [-0.25, -0.2) is 4.98 Å². The molecule has 4 bridgehead atoms. The lowest BCUT2D eigenvalue weighted by atomic mass is 9.54. The summed E-state index contributed by atoms with van der Waals surface area (Å²) < 4.78 is 2.13. The quantitative estimate of drug-likeness (QED) is 0.880. The van der Waals surface area contributed by atoms with Crippen molar-refractivity contribution in [2.45, 2.75) is 58.4 Å². The highest BCUT2D eigenvalue weighted by molar-refractivity contribution is 5.94. The fourth-order valence-corrected chi connectivity index (χ4v) is 6.39. The number of hydrogen-bond acceptors (Lipinski definition) is 2. The van der Waals surface area contributed by atoms with Gasteiger partial charge in [0, 0.05) is 11.7 Å². The second kappa shape index (κ2) is 6.50. The summed E-state index contributed by atoms with van der Waals surface area (Å²) in [5.74, 6) is 4.13. The van der Waals surface area contributed by atoms with Gasteiger partial charge in [0.25, 0.3) is 5.91 Å². The number of aromatic nitrogens is 2. The zero-order valence-corrected chi connectivity index (χ0v) is 16.3. The molecule has 27 heavy (non-hydrogen) atoms. The van der Waals surface area contributed by atoms with E-state index in [9.17, 15) is 4.79 Å². The Balaban J connectivity index is 1.42. The first-order valence-corrected chi connectivity index (χ1v) is 10.6. The molecule has 142 valence electrons. The van der Waals surface area contributed by atoms with Crippen LogP contribution in [0.1, 0.15) is 61.0 Å². The molecule has 4 nitrogen and oxygen atoms in total. The van der Waals surface area contributed by atoms with Crippen LogP contribution in [0, 0.1) is 30.6 Å². The summed E-state index contributed by atoms with van der Waals surface area (Å²) in [7, 11) is 0. The lowest BCUT2D eigenvalue weighted by Gasteiger charge is -2.54. The largest absolute Gasteiger partial charge is 0.347 e. The lowest BCUT2D eigenvalue weighted by molar-refractivity contribution is -0.0120. The number of amides is 1. The minimum atomic E-state index is 0.0297. The molecule has 4 aliphatic carbocycles. The van der Waals surface area contributed by atoms with Gasteiger partial charge in [-0.3, -0.25) is 4.79 Å². The fraction of sp³-hybridized carbons (Fsp3) is 0.565. The Kier molecular flexibility index (Phi) is 4.10. The van der Waals surface area contributed by atoms with Crippen LogP contribution < -0.4 is 5.32 Å². The maximum absolute atomic E-state index is 13.2. The van der Waals surface area contributed by atoms with Gasteiger partial charge in [-0.1, -0.05) is 25.1 Å². The number of aryl methyl sites for hydroxylation is 1. The minimum Gasteiger partial charge on any atom is -0.347 e. The summed E-state index contributed by atoms with van der Waals surface area (Å²) in [5, 5.41) is 3.43. The molecule has 1 amide bonds. The zero-order chi connectivity index (χ0) is 18.5. The maximum atomic E-state index is 13.2. The van der Waals surface area contributed by atoms with Crippen LogP contribution >= 0.6 is 0 Å². The summed E-state index contributed by atoms with van der Waals surface area (Å²) in [6.45, 7) is 4.10. The Morgan fingerprint density at radius 2 is 1.70 bits per heavy atom. The van der Waals surface area contributed by atoms with Crippen LogP contribution in [0.15, 0.2) is 30.3 Å². The standard InChI is InChI=1S/C23H29N3O/c1-3-20-22(24-14(2)26(20)19-7-5-4-6-8-19)23(27)25-21-17-10-15-9-16(12-17)13-18(21)11-15/h4-8,15-18,21H,3,9-13H2,1-2H3,(H,25,27). The Hall–Kier alpha value is -2.10. The number of hydrogen-bond donors (Lipinski definition) is 1. The number of carbonyl (C=O) groups is 1. The van der Waals surface area contributed by atoms with E-state index >= 15 is 0 Å². The molecular formula is C23H29N3O. The normalized spacial score (nSPS) is 31.3. The van der Waals surface area contributed by atoms with Crippen molar-refractivity contribution in [3.8, 4) is 5.69 Å². The van der Waals surface area contributed by atoms with Gasteiger partial charge in [-0.2, -0.15) is 0 Å². The van der Waals surface area contributed by atoms with E-state index in [-0.39, 0.29) is 5.91 Å². The number of nitrogens with zero attached hydrogens (tertiary/aromatic N) is 2. The van der Waals surface area contributed by atoms with E-state index in [4.69, 9.17) is 4.98 Å². The summed E-state index contributed by atoms with van der Waals surface area (Å²) in [4.78, 5) is 17.9. The van der Waals surface area contributed by atoms with Gasteiger partial charge >= 0.3 is 0 Å². The van der Waals surface area contributed by atoms with Crippen LogP contribution in [0.4, 0.5) is 0 Å². The van der Waals surface area contributed by atoms with E-state index in [1.807, 2.05) is 25.1 Å². The number of para-hydroxylation sites is 1. The van der Waals surface area contributed by atoms with Crippen LogP contribution in [0.2, 0.25) is 0 Å². The summed E-state index contributed by atoms with van der Waals surface area (Å²) in [5.41, 5.74) is 2.71. The van der Waals surface area contributed by atoms with Crippen LogP contribution in [0.25, 0.3) is 5.69 Å². The van der Waals surface area contributed by atoms with E-state index in [0.29, 0.717) is 23.6 Å². The van der Waals surface area contributed by atoms with Gasteiger partial charge in [0.2, 0.25) is 0 Å². The van der Waals surface area contributed by atoms with Gasteiger partial charge in [-0.05, 0) is 81.3 Å². The monoisotopic (exact) mass is 363 g/mol. The van der Waals surface area contributed by atoms with E-state index in [1.165, 1.54) is 32.1 Å². The third-order valence-corrected chi connectivity index (χ3v) is 7.23. The number of nitrogens with one attached hydrogen (secondary N) is 1. The highest BCUT2D eigenvalue weighted by Crippen LogP contribution is 2.53. The molecule has 1 heterocycles. The average molecular weight is 364 g/mol. The lowest BCUT2D eigenvalue weighted by Crippen LogP contribution is -2.55. The Labute approximate surface area is 161 Å². The zero-order valence-electron chi connectivity index (χ0n) is 16.3. The molecule has 2 aromatic rings. The van der Waals surface area contributed by atoms with Crippen molar-refractivity contribution < 1.29 is 4.79 Å². The SMILES string of the molecule is CCc1c(C(=O)NC2C3CC4CC(C3)CC2C4)nc(C)n1-c1ccccc1. The van der Waals surface area contributed by atoms with Gasteiger partial charge in [0.05, 0.1) is 5.69 Å². The first-order chi connectivity index (χ1) is 13.1. The molecule has 1 aromatic carbocycles. The molecule has 0 aliphatic heterocycles. The topological polar surface area (TPSA) is 46.9 Å². The number of carbonyl (C=O) groups excluding carboxylic acids is 1. The molecule has 0 unspecified atom stereocenters. The third kappa shape index (κ3) is 2.81. The predicted molar refractivity (Wildman–Crippen MR) is 106 cm³/mol. The van der Waals surface area contributed by atoms with Crippen molar-refractivity contribution in [2.24, 2.45) is 23.7 Å². The van der Waals surface area contributed by atoms with Crippen LogP contribution in [-0.2, 0) is 6.42 Å². The Morgan fingerprint density at radius 3 is 2.30 bits per heavy atom. The first kappa shape index (κ1) is 17.0. The Bertz CT molecular complexity index is 826. The molecule has 0 spiro atoms. The third-order valence-electron chi connectivity index (χ3n) is 7.23. The summed E-state index contributed by atoms with van der Waals surface area (Å²) in [6, 6.07) is 10.6. The molecule has 0 radical (unpaired) electrons. The summed E-state index contributed by atoms with van der Waals surface area (Å²) >= 11 is 0. The van der Waals surface area contributed by atoms with E-state index < -0.39 is 0 Å². The molecule has 4 fully saturated rings. The molecule has 6 rings (SSSR count). The molecule has 1 aromatic heterocycles. The summed E-state index contributed by atoms with van der Waals surface area (Å²) in [6.07, 6.45) is 7.49. The van der Waals surface area contributed by atoms with Crippen LogP contribution in [-0.4, -0.2) is 21.5 Å². The Morgan fingerprint density at radius 1 is 1.07 bits per heavy atom. The average Bonchev–Trinajstić information content (AvgIpc) is 3.01. The van der Waals surface area contributed by atoms with Crippen LogP contribution in [0.5, 0.6) is 0 Å². The van der Waals surface area contributed by atoms with Crippen LogP contribution in [0.3, 0.4) is 0 Å².